The molecule has 2 fully saturated rings. The second-order valence-electron chi connectivity index (χ2n) is 7.23. The molecule has 2 aliphatic heterocycles. The lowest BCUT2D eigenvalue weighted by atomic mass is 9.79. The van der Waals surface area contributed by atoms with Gasteiger partial charge in [0, 0.05) is 67.4 Å². The molecule has 27 heavy (non-hydrogen) atoms. The molecule has 6 nitrogen and oxygen atoms in total. The minimum absolute atomic E-state index is 0. The molecular weight excluding hydrogens is 475 g/mol. The van der Waals surface area contributed by atoms with Crippen LogP contribution in [0.25, 0.3) is 0 Å². The highest BCUT2D eigenvalue weighted by Gasteiger charge is 2.42. The lowest BCUT2D eigenvalue weighted by Crippen LogP contribution is -2.51. The Balaban J connectivity index is 0.00000261. The largest absolute Gasteiger partial charge is 0.355 e. The summed E-state index contributed by atoms with van der Waals surface area (Å²) in [5, 5.41) is 6.32. The normalized spacial score (nSPS) is 23.7. The first-order valence-corrected chi connectivity index (χ1v) is 10.7. The van der Waals surface area contributed by atoms with Crippen molar-refractivity contribution in [2.75, 3.05) is 39.0 Å². The maximum absolute atomic E-state index is 12.3. The van der Waals surface area contributed by atoms with Gasteiger partial charge in [-0.3, -0.25) is 14.0 Å². The van der Waals surface area contributed by atoms with Crippen molar-refractivity contribution >= 4 is 46.6 Å². The summed E-state index contributed by atoms with van der Waals surface area (Å²) in [4.78, 5) is 18.3. The average molecular weight is 504 g/mol. The van der Waals surface area contributed by atoms with Crippen LogP contribution in [-0.4, -0.2) is 60.0 Å². The van der Waals surface area contributed by atoms with Crippen molar-refractivity contribution in [2.24, 2.45) is 10.4 Å². The van der Waals surface area contributed by atoms with E-state index in [1.165, 1.54) is 0 Å². The Morgan fingerprint density at radius 2 is 2.15 bits per heavy atom. The summed E-state index contributed by atoms with van der Waals surface area (Å²) in [6.45, 7) is 3.19. The molecule has 1 aromatic rings. The Morgan fingerprint density at radius 3 is 2.81 bits per heavy atom. The number of carbonyl (C=O) groups excluding carboxylic acids is 1. The van der Waals surface area contributed by atoms with Crippen molar-refractivity contribution < 1.29 is 9.00 Å². The molecule has 0 aromatic heterocycles. The third-order valence-electron chi connectivity index (χ3n) is 5.15. The van der Waals surface area contributed by atoms with Gasteiger partial charge in [-0.2, -0.15) is 0 Å². The zero-order valence-electron chi connectivity index (χ0n) is 15.8. The number of carbonyl (C=O) groups is 1. The first kappa shape index (κ1) is 22.1. The number of hydrogen-bond acceptors (Lipinski definition) is 3. The quantitative estimate of drug-likeness (QED) is 0.364. The maximum atomic E-state index is 12.3. The number of rotatable bonds is 5. The van der Waals surface area contributed by atoms with E-state index in [0.29, 0.717) is 24.5 Å². The Morgan fingerprint density at radius 1 is 1.37 bits per heavy atom. The molecule has 2 saturated heterocycles. The second-order valence-corrected chi connectivity index (χ2v) is 8.80. The monoisotopic (exact) mass is 504 g/mol. The number of piperidine rings is 1. The smallest absolute Gasteiger partial charge is 0.220 e. The first-order valence-electron chi connectivity index (χ1n) is 9.21. The second kappa shape index (κ2) is 10.4. The summed E-state index contributed by atoms with van der Waals surface area (Å²) in [5.74, 6) is 2.18. The van der Waals surface area contributed by atoms with Gasteiger partial charge in [0.2, 0.25) is 5.91 Å². The molecule has 1 spiro atoms. The van der Waals surface area contributed by atoms with Crippen molar-refractivity contribution in [2.45, 2.75) is 25.0 Å². The molecule has 150 valence electrons. The van der Waals surface area contributed by atoms with Gasteiger partial charge in [0.25, 0.3) is 0 Å². The molecule has 3 rings (SSSR count). The van der Waals surface area contributed by atoms with Crippen LogP contribution in [0.4, 0.5) is 0 Å². The molecule has 2 N–H and O–H groups in total. The Labute approximate surface area is 181 Å². The lowest BCUT2D eigenvalue weighted by molar-refractivity contribution is -0.119. The highest BCUT2D eigenvalue weighted by Crippen LogP contribution is 2.35. The minimum atomic E-state index is -0.898. The fourth-order valence-corrected chi connectivity index (χ4v) is 4.91. The van der Waals surface area contributed by atoms with E-state index < -0.39 is 10.8 Å². The number of amides is 1. The van der Waals surface area contributed by atoms with Gasteiger partial charge in [-0.1, -0.05) is 30.3 Å². The summed E-state index contributed by atoms with van der Waals surface area (Å²) in [6.07, 6.45) is 2.76. The molecule has 0 bridgehead atoms. The topological polar surface area (TPSA) is 73.8 Å². The highest BCUT2D eigenvalue weighted by atomic mass is 127. The molecule has 2 atom stereocenters. The van der Waals surface area contributed by atoms with Crippen LogP contribution in [0.2, 0.25) is 0 Å². The fraction of sp³-hybridized carbons (Fsp3) is 0.579. The van der Waals surface area contributed by atoms with Crippen molar-refractivity contribution in [1.82, 2.24) is 15.5 Å². The third kappa shape index (κ3) is 6.17. The summed E-state index contributed by atoms with van der Waals surface area (Å²) in [5.41, 5.74) is 1.15. The number of nitrogens with zero attached hydrogens (tertiary/aromatic N) is 2. The SMILES string of the molecule is CN=C(NCCS(=O)Cc1ccccc1)N1CCCC2(CNC(=O)C2)C1.I. The maximum Gasteiger partial charge on any atom is 0.220 e. The lowest BCUT2D eigenvalue weighted by Gasteiger charge is -2.40. The molecule has 2 heterocycles. The Bertz CT molecular complexity index is 686. The van der Waals surface area contributed by atoms with Crippen molar-refractivity contribution in [3.8, 4) is 0 Å². The number of halogens is 1. The molecule has 8 heteroatoms. The first-order chi connectivity index (χ1) is 12.6. The van der Waals surface area contributed by atoms with Gasteiger partial charge in [-0.25, -0.2) is 0 Å². The van der Waals surface area contributed by atoms with Crippen molar-refractivity contribution in [3.05, 3.63) is 35.9 Å². The zero-order valence-corrected chi connectivity index (χ0v) is 18.9. The van der Waals surface area contributed by atoms with E-state index in [1.54, 1.807) is 7.05 Å². The Kier molecular flexibility index (Phi) is 8.53. The molecule has 1 amide bonds. The molecule has 0 aliphatic carbocycles. The summed E-state index contributed by atoms with van der Waals surface area (Å²) >= 11 is 0. The number of guanidine groups is 1. The van der Waals surface area contributed by atoms with E-state index in [-0.39, 0.29) is 35.3 Å². The number of aliphatic imine (C=N–C) groups is 1. The predicted octanol–water partition coefficient (Wildman–Crippen LogP) is 1.73. The van der Waals surface area contributed by atoms with E-state index in [4.69, 9.17) is 0 Å². The molecule has 1 aromatic carbocycles. The Hall–Kier alpha value is -1.16. The van der Waals surface area contributed by atoms with Crippen LogP contribution in [0, 0.1) is 5.41 Å². The van der Waals surface area contributed by atoms with Crippen molar-refractivity contribution in [3.63, 3.8) is 0 Å². The number of likely N-dealkylation sites (tertiary alicyclic amines) is 1. The van der Waals surface area contributed by atoms with Gasteiger partial charge in [-0.05, 0) is 18.4 Å². The van der Waals surface area contributed by atoms with E-state index in [1.807, 2.05) is 30.3 Å². The van der Waals surface area contributed by atoms with E-state index in [9.17, 15) is 9.00 Å². The van der Waals surface area contributed by atoms with Gasteiger partial charge >= 0.3 is 0 Å². The fourth-order valence-electron chi connectivity index (χ4n) is 3.87. The molecule has 2 unspecified atom stereocenters. The van der Waals surface area contributed by atoms with E-state index in [2.05, 4.69) is 20.5 Å². The van der Waals surface area contributed by atoms with Crippen LogP contribution in [0.3, 0.4) is 0 Å². The van der Waals surface area contributed by atoms with Crippen LogP contribution in [0.15, 0.2) is 35.3 Å². The van der Waals surface area contributed by atoms with Crippen LogP contribution >= 0.6 is 24.0 Å². The van der Waals surface area contributed by atoms with Gasteiger partial charge in [0.15, 0.2) is 5.96 Å². The highest BCUT2D eigenvalue weighted by molar-refractivity contribution is 14.0. The predicted molar refractivity (Wildman–Crippen MR) is 121 cm³/mol. The van der Waals surface area contributed by atoms with Crippen molar-refractivity contribution in [1.29, 1.82) is 0 Å². The molecular formula is C19H29IN4O2S. The van der Waals surface area contributed by atoms with Crippen LogP contribution < -0.4 is 10.6 Å². The number of nitrogens with one attached hydrogen (secondary N) is 2. The molecule has 2 aliphatic rings. The van der Waals surface area contributed by atoms with E-state index in [0.717, 1.165) is 44.0 Å². The molecule has 0 radical (unpaired) electrons. The average Bonchev–Trinajstić information content (AvgIpc) is 2.99. The van der Waals surface area contributed by atoms with Gasteiger partial charge in [0.1, 0.15) is 0 Å². The van der Waals surface area contributed by atoms with Crippen LogP contribution in [0.1, 0.15) is 24.8 Å². The minimum Gasteiger partial charge on any atom is -0.355 e. The zero-order chi connectivity index (χ0) is 18.4. The summed E-state index contributed by atoms with van der Waals surface area (Å²) in [7, 11) is 0.882. The molecule has 0 saturated carbocycles. The third-order valence-corrected chi connectivity index (χ3v) is 6.47. The summed E-state index contributed by atoms with van der Waals surface area (Å²) < 4.78 is 12.3. The van der Waals surface area contributed by atoms with E-state index >= 15 is 0 Å². The van der Waals surface area contributed by atoms with Crippen LogP contribution in [0.5, 0.6) is 0 Å². The number of benzene rings is 1. The van der Waals surface area contributed by atoms with Gasteiger partial charge in [0.05, 0.1) is 0 Å². The number of hydrogen-bond donors (Lipinski definition) is 2. The summed E-state index contributed by atoms with van der Waals surface area (Å²) in [6, 6.07) is 9.93. The van der Waals surface area contributed by atoms with Crippen LogP contribution in [-0.2, 0) is 21.3 Å². The van der Waals surface area contributed by atoms with Gasteiger partial charge in [-0.15, -0.1) is 24.0 Å². The van der Waals surface area contributed by atoms with Gasteiger partial charge < -0.3 is 15.5 Å². The standard InChI is InChI=1S/C19H28N4O2S.HI/c1-20-18(21-9-11-26(25)13-16-6-3-2-4-7-16)23-10-5-8-19(15-23)12-17(24)22-14-19;/h2-4,6-7H,5,8-15H2,1H3,(H,20,21)(H,22,24);1H.